The predicted octanol–water partition coefficient (Wildman–Crippen LogP) is 3.67. The first-order valence-corrected chi connectivity index (χ1v) is 10.9. The van der Waals surface area contributed by atoms with E-state index in [1.807, 2.05) is 0 Å². The molecule has 0 N–H and O–H groups in total. The standard InChI is InChI=1S/C26H21NO5/c1-13(28)14-5-7-17(8-6-14)32-26(31)15-3-2-4-16(11-15)27-24(29)22-18-9-10-19(21-12-20(18)21)23(22)25(27)30/h2-11,18-23H,12H2,1H3/t18-,19-,20-,21-,22+,23+/m1/s1. The molecule has 1 heterocycles. The Labute approximate surface area is 184 Å². The van der Waals surface area contributed by atoms with Gasteiger partial charge in [-0.25, -0.2) is 9.69 Å². The second kappa shape index (κ2) is 6.73. The molecule has 2 amide bonds. The van der Waals surface area contributed by atoms with E-state index in [1.54, 1.807) is 42.5 Å². The van der Waals surface area contributed by atoms with Crippen molar-refractivity contribution in [2.45, 2.75) is 13.3 Å². The molecule has 32 heavy (non-hydrogen) atoms. The maximum Gasteiger partial charge on any atom is 0.343 e. The summed E-state index contributed by atoms with van der Waals surface area (Å²) >= 11 is 0. The Bertz CT molecular complexity index is 1180. The van der Waals surface area contributed by atoms with Crippen LogP contribution in [0.4, 0.5) is 5.69 Å². The van der Waals surface area contributed by atoms with E-state index in [1.165, 1.54) is 17.9 Å². The summed E-state index contributed by atoms with van der Waals surface area (Å²) in [6.45, 7) is 1.47. The van der Waals surface area contributed by atoms with Crippen molar-refractivity contribution in [3.63, 3.8) is 0 Å². The summed E-state index contributed by atoms with van der Waals surface area (Å²) in [5.74, 6) is 0.159. The number of ketones is 1. The number of carbonyl (C=O) groups excluding carboxylic acids is 4. The van der Waals surface area contributed by atoms with Crippen molar-refractivity contribution in [3.8, 4) is 5.75 Å². The second-order valence-electron chi connectivity index (χ2n) is 9.19. The zero-order valence-corrected chi connectivity index (χ0v) is 17.4. The topological polar surface area (TPSA) is 80.8 Å². The van der Waals surface area contributed by atoms with Crippen LogP contribution < -0.4 is 9.64 Å². The second-order valence-corrected chi connectivity index (χ2v) is 9.19. The number of amides is 2. The van der Waals surface area contributed by atoms with Crippen molar-refractivity contribution in [2.75, 3.05) is 4.90 Å². The van der Waals surface area contributed by atoms with Crippen LogP contribution in [0.15, 0.2) is 60.7 Å². The first-order valence-electron chi connectivity index (χ1n) is 10.9. The van der Waals surface area contributed by atoms with Crippen LogP contribution in [0.3, 0.4) is 0 Å². The largest absolute Gasteiger partial charge is 0.423 e. The number of hydrogen-bond acceptors (Lipinski definition) is 5. The van der Waals surface area contributed by atoms with Gasteiger partial charge in [0, 0.05) is 5.56 Å². The van der Waals surface area contributed by atoms with Crippen molar-refractivity contribution in [1.29, 1.82) is 0 Å². The van der Waals surface area contributed by atoms with Gasteiger partial charge in [-0.05, 0) is 79.5 Å². The van der Waals surface area contributed by atoms with Crippen LogP contribution in [0.2, 0.25) is 0 Å². The molecule has 0 unspecified atom stereocenters. The summed E-state index contributed by atoms with van der Waals surface area (Å²) in [5, 5.41) is 0. The Morgan fingerprint density at radius 2 is 1.50 bits per heavy atom. The van der Waals surface area contributed by atoms with E-state index in [0.717, 1.165) is 6.42 Å². The molecular formula is C26H21NO5. The predicted molar refractivity (Wildman–Crippen MR) is 115 cm³/mol. The highest BCUT2D eigenvalue weighted by atomic mass is 16.5. The molecule has 4 aliphatic carbocycles. The van der Waals surface area contributed by atoms with Gasteiger partial charge in [-0.3, -0.25) is 14.4 Å². The maximum absolute atomic E-state index is 13.3. The SMILES string of the molecule is CC(=O)c1ccc(OC(=O)c2cccc(N3C(=O)[C@H]4[C@@H]5C=C[C@H]([C@H]6C[C@H]56)[C@@H]4C3=O)c2)cc1. The highest BCUT2D eigenvalue weighted by Crippen LogP contribution is 2.65. The number of Topliss-reactive ketones (excluding diaryl/α,β-unsaturated/α-hetero) is 1. The molecule has 5 aliphatic rings. The van der Waals surface area contributed by atoms with Crippen molar-refractivity contribution in [1.82, 2.24) is 0 Å². The first kappa shape index (κ1) is 19.2. The molecule has 160 valence electrons. The molecule has 0 radical (unpaired) electrons. The third-order valence-corrected chi connectivity index (χ3v) is 7.47. The number of anilines is 1. The van der Waals surface area contributed by atoms with Gasteiger partial charge in [0.25, 0.3) is 0 Å². The quantitative estimate of drug-likeness (QED) is 0.245. The normalized spacial score (nSPS) is 31.3. The van der Waals surface area contributed by atoms with E-state index in [4.69, 9.17) is 4.74 Å². The zero-order chi connectivity index (χ0) is 22.1. The van der Waals surface area contributed by atoms with Crippen LogP contribution in [0.5, 0.6) is 5.75 Å². The number of nitrogens with zero attached hydrogens (tertiary/aromatic N) is 1. The summed E-state index contributed by atoms with van der Waals surface area (Å²) in [7, 11) is 0. The number of allylic oxidation sites excluding steroid dienone is 2. The van der Waals surface area contributed by atoms with Gasteiger partial charge >= 0.3 is 5.97 Å². The number of esters is 1. The number of hydrogen-bond donors (Lipinski definition) is 0. The van der Waals surface area contributed by atoms with Gasteiger partial charge in [0.2, 0.25) is 11.8 Å². The van der Waals surface area contributed by atoms with Crippen molar-refractivity contribution < 1.29 is 23.9 Å². The molecule has 0 aromatic heterocycles. The van der Waals surface area contributed by atoms with Crippen LogP contribution in [0.1, 0.15) is 34.1 Å². The lowest BCUT2D eigenvalue weighted by Crippen LogP contribution is -2.40. The molecule has 2 bridgehead atoms. The molecule has 2 aromatic carbocycles. The molecule has 3 fully saturated rings. The number of carbonyl (C=O) groups is 4. The fraction of sp³-hybridized carbons (Fsp3) is 0.308. The molecule has 6 nitrogen and oxygen atoms in total. The molecular weight excluding hydrogens is 406 g/mol. The van der Waals surface area contributed by atoms with E-state index in [0.29, 0.717) is 28.8 Å². The molecule has 6 atom stereocenters. The lowest BCUT2D eigenvalue weighted by atomic mass is 9.63. The third kappa shape index (κ3) is 2.72. The Hall–Kier alpha value is -3.54. The Morgan fingerprint density at radius 3 is 2.09 bits per heavy atom. The molecule has 1 aliphatic heterocycles. The van der Waals surface area contributed by atoms with E-state index in [9.17, 15) is 19.2 Å². The van der Waals surface area contributed by atoms with Gasteiger partial charge < -0.3 is 4.74 Å². The summed E-state index contributed by atoms with van der Waals surface area (Å²) < 4.78 is 5.42. The fourth-order valence-corrected chi connectivity index (χ4v) is 5.91. The van der Waals surface area contributed by atoms with Crippen LogP contribution in [0.25, 0.3) is 0 Å². The Morgan fingerprint density at radius 1 is 0.875 bits per heavy atom. The van der Waals surface area contributed by atoms with Crippen molar-refractivity contribution in [3.05, 3.63) is 71.8 Å². The summed E-state index contributed by atoms with van der Waals surface area (Å²) in [6.07, 6.45) is 5.39. The lowest BCUT2D eigenvalue weighted by molar-refractivity contribution is -0.124. The van der Waals surface area contributed by atoms with Crippen LogP contribution >= 0.6 is 0 Å². The van der Waals surface area contributed by atoms with Gasteiger partial charge in [0.1, 0.15) is 5.75 Å². The van der Waals surface area contributed by atoms with Gasteiger partial charge in [-0.1, -0.05) is 18.2 Å². The van der Waals surface area contributed by atoms with E-state index < -0.39 is 5.97 Å². The van der Waals surface area contributed by atoms with Crippen LogP contribution in [0, 0.1) is 35.5 Å². The van der Waals surface area contributed by atoms with E-state index in [2.05, 4.69) is 12.2 Å². The van der Waals surface area contributed by atoms with Gasteiger partial charge in [-0.15, -0.1) is 0 Å². The van der Waals surface area contributed by atoms with E-state index >= 15 is 0 Å². The monoisotopic (exact) mass is 427 g/mol. The number of rotatable bonds is 4. The molecule has 1 saturated heterocycles. The first-order chi connectivity index (χ1) is 15.4. The summed E-state index contributed by atoms with van der Waals surface area (Å²) in [5.41, 5.74) is 1.18. The van der Waals surface area contributed by atoms with Gasteiger partial charge in [0.15, 0.2) is 5.78 Å². The summed E-state index contributed by atoms with van der Waals surface area (Å²) in [6, 6.07) is 12.8. The lowest BCUT2D eigenvalue weighted by Gasteiger charge is -2.37. The van der Waals surface area contributed by atoms with E-state index in [-0.39, 0.29) is 46.8 Å². The minimum atomic E-state index is -0.595. The number of benzene rings is 2. The summed E-state index contributed by atoms with van der Waals surface area (Å²) in [4.78, 5) is 51.9. The smallest absolute Gasteiger partial charge is 0.343 e. The van der Waals surface area contributed by atoms with Crippen molar-refractivity contribution >= 4 is 29.3 Å². The molecule has 2 saturated carbocycles. The van der Waals surface area contributed by atoms with Crippen LogP contribution in [-0.2, 0) is 9.59 Å². The van der Waals surface area contributed by atoms with Gasteiger partial charge in [-0.2, -0.15) is 0 Å². The molecule has 7 rings (SSSR count). The maximum atomic E-state index is 13.3. The number of imide groups is 1. The van der Waals surface area contributed by atoms with Crippen molar-refractivity contribution in [2.24, 2.45) is 35.5 Å². The Balaban J connectivity index is 1.25. The molecule has 0 spiro atoms. The van der Waals surface area contributed by atoms with Gasteiger partial charge in [0.05, 0.1) is 23.1 Å². The highest BCUT2D eigenvalue weighted by Gasteiger charge is 2.67. The third-order valence-electron chi connectivity index (χ3n) is 7.47. The fourth-order valence-electron chi connectivity index (χ4n) is 5.91. The molecule has 2 aromatic rings. The van der Waals surface area contributed by atoms with Crippen LogP contribution in [-0.4, -0.2) is 23.6 Å². The number of ether oxygens (including phenoxy) is 1. The highest BCUT2D eigenvalue weighted by molar-refractivity contribution is 6.23. The average molecular weight is 427 g/mol. The minimum absolute atomic E-state index is 0.0722. The zero-order valence-electron chi connectivity index (χ0n) is 17.4. The average Bonchev–Trinajstić information content (AvgIpc) is 3.57. The Kier molecular flexibility index (Phi) is 4.03. The minimum Gasteiger partial charge on any atom is -0.423 e. The molecule has 6 heteroatoms.